The van der Waals surface area contributed by atoms with Gasteiger partial charge >= 0.3 is 5.97 Å². The van der Waals surface area contributed by atoms with Crippen LogP contribution in [0.3, 0.4) is 0 Å². The number of aliphatic carboxylic acids is 1. The van der Waals surface area contributed by atoms with Gasteiger partial charge in [-0.15, -0.1) is 0 Å². The molecule has 28 heteroatoms. The lowest BCUT2D eigenvalue weighted by molar-refractivity contribution is -0.403. The summed E-state index contributed by atoms with van der Waals surface area (Å²) in [6.45, 7) is 2.00. The van der Waals surface area contributed by atoms with Gasteiger partial charge in [0.25, 0.3) is 5.79 Å². The number of nitrogens with one attached hydrogen (secondary N) is 2. The van der Waals surface area contributed by atoms with Gasteiger partial charge < -0.3 is 125 Å². The predicted octanol–water partition coefficient (Wildman–Crippen LogP) is 3.78. The zero-order chi connectivity index (χ0) is 73.6. The SMILES string of the molecule is CCCCCCCCC=CCCCCCCCCCCCC(=O)N[C@@H](CO[C@@H]1O[C@H](CO)[C@@H](O[C@@H]2O[C@H](CO)[C@H](O[C@@H]3O[C@H](CO)[C@H](O)[C@H](O)[C@H]3CC(C)=O)[C@H](O[C@]3(C(=O)O)C[C@H](O)[C@@H](NC(C)=O)C([C@H](O)[C@H](O)CO)O3)[C@H]2O)[C@H](O)[C@H]1O)[C@H](O)CCCCCCCCCCCCCCC. The Morgan fingerprint density at radius 1 is 0.540 bits per heavy atom. The molecule has 4 aliphatic rings. The Morgan fingerprint density at radius 3 is 1.52 bits per heavy atom. The van der Waals surface area contributed by atoms with Crippen LogP contribution in [0.4, 0.5) is 0 Å². The molecule has 4 saturated heterocycles. The molecule has 0 aromatic rings. The van der Waals surface area contributed by atoms with Crippen molar-refractivity contribution in [2.45, 2.75) is 380 Å². The molecule has 4 aliphatic heterocycles. The number of aliphatic hydroxyl groups is 13. The second-order valence-corrected chi connectivity index (χ2v) is 28.2. The van der Waals surface area contributed by atoms with Crippen LogP contribution < -0.4 is 10.6 Å². The molecule has 0 saturated carbocycles. The molecule has 28 nitrogen and oxygen atoms in total. The van der Waals surface area contributed by atoms with E-state index in [4.69, 9.17) is 37.9 Å². The van der Waals surface area contributed by atoms with E-state index in [2.05, 4.69) is 36.6 Å². The Kier molecular flexibility index (Phi) is 44.4. The third kappa shape index (κ3) is 30.1. The summed E-state index contributed by atoms with van der Waals surface area (Å²) in [7, 11) is 0. The average Bonchev–Trinajstić information content (AvgIpc) is 0.750. The van der Waals surface area contributed by atoms with Crippen molar-refractivity contribution in [1.82, 2.24) is 10.6 Å². The number of amides is 2. The summed E-state index contributed by atoms with van der Waals surface area (Å²) in [4.78, 5) is 52.1. The highest BCUT2D eigenvalue weighted by atomic mass is 16.8. The van der Waals surface area contributed by atoms with E-state index < -0.39 is 204 Å². The van der Waals surface area contributed by atoms with Crippen LogP contribution in [-0.4, -0.2) is 262 Å². The van der Waals surface area contributed by atoms with Crippen LogP contribution >= 0.6 is 0 Å². The van der Waals surface area contributed by atoms with Gasteiger partial charge in [-0.3, -0.25) is 9.59 Å². The Morgan fingerprint density at radius 2 is 1.02 bits per heavy atom. The van der Waals surface area contributed by atoms with E-state index in [9.17, 15) is 90.7 Å². The van der Waals surface area contributed by atoms with Crippen LogP contribution in [0, 0.1) is 5.92 Å². The summed E-state index contributed by atoms with van der Waals surface area (Å²) < 4.78 is 48.2. The first-order chi connectivity index (χ1) is 48.0. The Bertz CT molecular complexity index is 2240. The largest absolute Gasteiger partial charge is 0.477 e. The first-order valence-electron chi connectivity index (χ1n) is 37.8. The van der Waals surface area contributed by atoms with Gasteiger partial charge in [-0.25, -0.2) is 4.79 Å². The Labute approximate surface area is 592 Å². The van der Waals surface area contributed by atoms with Crippen LogP contribution in [0.2, 0.25) is 0 Å². The molecule has 23 atom stereocenters. The number of carbonyl (C=O) groups excluding carboxylic acids is 3. The minimum atomic E-state index is -3.26. The molecule has 584 valence electrons. The van der Waals surface area contributed by atoms with E-state index in [0.717, 1.165) is 78.1 Å². The summed E-state index contributed by atoms with van der Waals surface area (Å²) in [6.07, 6.45) is 0.518. The number of carboxylic acid groups (broad SMARTS) is 1. The minimum absolute atomic E-state index is 0.183. The van der Waals surface area contributed by atoms with Crippen molar-refractivity contribution in [3.05, 3.63) is 12.2 Å². The lowest BCUT2D eigenvalue weighted by atomic mass is 9.87. The molecule has 0 aromatic heterocycles. The molecule has 4 fully saturated rings. The number of rotatable bonds is 54. The number of Topliss-reactive ketones (excluding diaryl/α,β-unsaturated/α-hetero) is 1. The van der Waals surface area contributed by atoms with Crippen LogP contribution in [0.25, 0.3) is 0 Å². The van der Waals surface area contributed by atoms with E-state index in [1.54, 1.807) is 0 Å². The van der Waals surface area contributed by atoms with E-state index in [1.807, 2.05) is 0 Å². The lowest BCUT2D eigenvalue weighted by Crippen LogP contribution is -2.71. The molecule has 0 aliphatic carbocycles. The van der Waals surface area contributed by atoms with Gasteiger partial charge in [0.05, 0.1) is 63.4 Å². The molecule has 0 radical (unpaired) electrons. The van der Waals surface area contributed by atoms with Crippen LogP contribution in [-0.2, 0) is 57.1 Å². The Hall–Kier alpha value is -3.02. The maximum atomic E-state index is 13.6. The lowest BCUT2D eigenvalue weighted by Gasteiger charge is -2.52. The number of aliphatic hydroxyl groups excluding tert-OH is 13. The fourth-order valence-corrected chi connectivity index (χ4v) is 13.8. The molecule has 4 rings (SSSR count). The fraction of sp³-hybridized carbons (Fsp3) is 0.917. The summed E-state index contributed by atoms with van der Waals surface area (Å²) in [5, 5.41) is 161. The standard InChI is InChI=1S/C72H130N2O26/c1-5-7-9-11-13-15-17-19-20-21-22-23-24-26-28-30-32-34-36-38-56(84)74-49(50(81)37-35-33-31-29-27-25-18-16-14-12-10-8-6-2)45-93-69-62(89)61(88)64(54(43-77)95-69)97-70-63(90)67(65(55(44-78)96-70)98-68-48(39-46(3)79)58(85)60(87)53(42-76)94-68)100-72(71(91)92)40-51(82)57(73-47(4)80)66(99-72)59(86)52(83)41-75/h19-20,48-55,57-70,75-78,81-83,85-90H,5-18,21-45H2,1-4H3,(H,73,80)(H,74,84)(H,91,92)/t48-,49+,50-,51+,52-,53-,54-,55-,57-,58-,59-,60+,61-,62-,63-,64-,65+,66?,67-,68+,69-,70+,72+/m1/s1. The van der Waals surface area contributed by atoms with E-state index in [-0.39, 0.29) is 12.3 Å². The number of carbonyl (C=O) groups is 4. The average molecular weight is 1440 g/mol. The number of ketones is 1. The first kappa shape index (κ1) is 89.4. The number of hydrogen-bond acceptors (Lipinski definition) is 25. The summed E-state index contributed by atoms with van der Waals surface area (Å²) in [5.74, 6) is -8.51. The van der Waals surface area contributed by atoms with Gasteiger partial charge in [0.1, 0.15) is 85.1 Å². The smallest absolute Gasteiger partial charge is 0.364 e. The van der Waals surface area contributed by atoms with Gasteiger partial charge in [0, 0.05) is 32.1 Å². The highest BCUT2D eigenvalue weighted by Crippen LogP contribution is 2.41. The maximum absolute atomic E-state index is 13.6. The molecular weight excluding hydrogens is 1310 g/mol. The minimum Gasteiger partial charge on any atom is -0.477 e. The van der Waals surface area contributed by atoms with Crippen molar-refractivity contribution in [3.63, 3.8) is 0 Å². The second kappa shape index (κ2) is 49.7. The third-order valence-electron chi connectivity index (χ3n) is 19.8. The summed E-state index contributed by atoms with van der Waals surface area (Å²) in [6, 6.07) is -2.70. The topological polar surface area (TPSA) is 449 Å². The molecule has 4 heterocycles. The van der Waals surface area contributed by atoms with Crippen molar-refractivity contribution in [3.8, 4) is 0 Å². The predicted molar refractivity (Wildman–Crippen MR) is 365 cm³/mol. The second-order valence-electron chi connectivity index (χ2n) is 28.2. The molecule has 1 unspecified atom stereocenters. The number of hydrogen-bond donors (Lipinski definition) is 16. The fourth-order valence-electron chi connectivity index (χ4n) is 13.8. The van der Waals surface area contributed by atoms with Gasteiger partial charge in [-0.05, 0) is 45.4 Å². The molecular formula is C72H130N2O26. The van der Waals surface area contributed by atoms with Gasteiger partial charge in [-0.1, -0.05) is 187 Å². The van der Waals surface area contributed by atoms with Crippen molar-refractivity contribution >= 4 is 23.6 Å². The summed E-state index contributed by atoms with van der Waals surface area (Å²) >= 11 is 0. The molecule has 2 amide bonds. The van der Waals surface area contributed by atoms with Crippen LogP contribution in [0.5, 0.6) is 0 Å². The quantitative estimate of drug-likeness (QED) is 0.0304. The monoisotopic (exact) mass is 1440 g/mol. The highest BCUT2D eigenvalue weighted by molar-refractivity contribution is 5.77. The highest BCUT2D eigenvalue weighted by Gasteiger charge is 2.61. The molecule has 0 bridgehead atoms. The number of allylic oxidation sites excluding steroid dienone is 2. The van der Waals surface area contributed by atoms with Gasteiger partial charge in [0.15, 0.2) is 18.9 Å². The van der Waals surface area contributed by atoms with Crippen molar-refractivity contribution in [2.24, 2.45) is 5.92 Å². The molecule has 16 N–H and O–H groups in total. The Balaban J connectivity index is 1.49. The van der Waals surface area contributed by atoms with Gasteiger partial charge in [-0.2, -0.15) is 0 Å². The normalized spacial score (nSPS) is 31.6. The van der Waals surface area contributed by atoms with E-state index in [0.29, 0.717) is 19.3 Å². The van der Waals surface area contributed by atoms with Crippen molar-refractivity contribution in [2.75, 3.05) is 33.0 Å². The zero-order valence-corrected chi connectivity index (χ0v) is 60.1. The van der Waals surface area contributed by atoms with E-state index >= 15 is 0 Å². The van der Waals surface area contributed by atoms with Crippen molar-refractivity contribution < 1.29 is 129 Å². The van der Waals surface area contributed by atoms with Crippen molar-refractivity contribution in [1.29, 1.82) is 0 Å². The van der Waals surface area contributed by atoms with E-state index in [1.165, 1.54) is 116 Å². The van der Waals surface area contributed by atoms with Crippen LogP contribution in [0.1, 0.15) is 246 Å². The van der Waals surface area contributed by atoms with Gasteiger partial charge in [0.2, 0.25) is 11.8 Å². The maximum Gasteiger partial charge on any atom is 0.364 e. The molecule has 100 heavy (non-hydrogen) atoms. The summed E-state index contributed by atoms with van der Waals surface area (Å²) in [5.41, 5.74) is 0. The zero-order valence-electron chi connectivity index (χ0n) is 60.1. The number of unbranched alkanes of at least 4 members (excludes halogenated alkanes) is 27. The first-order valence-corrected chi connectivity index (χ1v) is 37.8. The number of ether oxygens (including phenoxy) is 8. The molecule has 0 spiro atoms. The van der Waals surface area contributed by atoms with Crippen LogP contribution in [0.15, 0.2) is 12.2 Å². The molecule has 0 aromatic carbocycles. The third-order valence-corrected chi connectivity index (χ3v) is 19.8. The number of carboxylic acids is 1.